The third-order valence-corrected chi connectivity index (χ3v) is 2.30. The van der Waals surface area contributed by atoms with Gasteiger partial charge in [0, 0.05) is 18.0 Å². The molecule has 0 fully saturated rings. The van der Waals surface area contributed by atoms with Crippen LogP contribution in [0, 0.1) is 0 Å². The van der Waals surface area contributed by atoms with Gasteiger partial charge in [-0.15, -0.1) is 0 Å². The molecule has 0 unspecified atom stereocenters. The van der Waals surface area contributed by atoms with Gasteiger partial charge in [-0.3, -0.25) is 4.98 Å². The first-order valence-corrected chi connectivity index (χ1v) is 5.11. The largest absolute Gasteiger partial charge is 0.496 e. The molecule has 0 aliphatic heterocycles. The minimum atomic E-state index is 0.882. The molecule has 2 aromatic rings. The monoisotopic (exact) mass is 211 g/mol. The zero-order valence-corrected chi connectivity index (χ0v) is 9.13. The fourth-order valence-corrected chi connectivity index (χ4v) is 1.46. The molecule has 0 saturated heterocycles. The highest BCUT2D eigenvalue weighted by atomic mass is 16.5. The third kappa shape index (κ3) is 2.48. The topological polar surface area (TPSA) is 22.1 Å². The number of ether oxygens (including phenoxy) is 1. The predicted octanol–water partition coefficient (Wildman–Crippen LogP) is 3.26. The van der Waals surface area contributed by atoms with Crippen LogP contribution in [0.1, 0.15) is 11.1 Å². The maximum Gasteiger partial charge on any atom is 0.126 e. The lowest BCUT2D eigenvalue weighted by atomic mass is 10.1. The van der Waals surface area contributed by atoms with Gasteiger partial charge in [0.1, 0.15) is 5.75 Å². The minimum absolute atomic E-state index is 0.882. The first-order valence-electron chi connectivity index (χ1n) is 5.11. The normalized spacial score (nSPS) is 10.6. The third-order valence-electron chi connectivity index (χ3n) is 2.30. The predicted molar refractivity (Wildman–Crippen MR) is 66.2 cm³/mol. The van der Waals surface area contributed by atoms with Crippen LogP contribution in [-0.4, -0.2) is 12.1 Å². The molecule has 0 amide bonds. The quantitative estimate of drug-likeness (QED) is 0.777. The summed E-state index contributed by atoms with van der Waals surface area (Å²) in [5.74, 6) is 0.882. The van der Waals surface area contributed by atoms with Crippen LogP contribution in [0.3, 0.4) is 0 Å². The van der Waals surface area contributed by atoms with Gasteiger partial charge in [-0.2, -0.15) is 0 Å². The van der Waals surface area contributed by atoms with Crippen LogP contribution in [0.25, 0.3) is 12.2 Å². The number of benzene rings is 1. The lowest BCUT2D eigenvalue weighted by Crippen LogP contribution is -1.85. The molecule has 1 heterocycles. The number of nitrogens with zero attached hydrogens (tertiary/aromatic N) is 1. The Morgan fingerprint density at radius 3 is 2.50 bits per heavy atom. The van der Waals surface area contributed by atoms with Crippen molar-refractivity contribution in [3.05, 3.63) is 59.9 Å². The molecule has 2 heteroatoms. The van der Waals surface area contributed by atoms with Crippen molar-refractivity contribution >= 4 is 12.2 Å². The van der Waals surface area contributed by atoms with Crippen molar-refractivity contribution in [1.82, 2.24) is 4.98 Å². The van der Waals surface area contributed by atoms with Crippen molar-refractivity contribution in [2.45, 2.75) is 0 Å². The summed E-state index contributed by atoms with van der Waals surface area (Å²) in [7, 11) is 1.68. The first kappa shape index (κ1) is 10.4. The van der Waals surface area contributed by atoms with Crippen molar-refractivity contribution in [2.75, 3.05) is 7.11 Å². The summed E-state index contributed by atoms with van der Waals surface area (Å²) in [6.07, 6.45) is 7.64. The summed E-state index contributed by atoms with van der Waals surface area (Å²) in [5, 5.41) is 0. The Hall–Kier alpha value is -2.09. The van der Waals surface area contributed by atoms with E-state index in [-0.39, 0.29) is 0 Å². The van der Waals surface area contributed by atoms with Gasteiger partial charge in [0.25, 0.3) is 0 Å². The van der Waals surface area contributed by atoms with Crippen LogP contribution in [0.2, 0.25) is 0 Å². The Labute approximate surface area is 95.2 Å². The molecule has 0 atom stereocenters. The summed E-state index contributed by atoms with van der Waals surface area (Å²) in [6.45, 7) is 0. The van der Waals surface area contributed by atoms with E-state index >= 15 is 0 Å². The van der Waals surface area contributed by atoms with E-state index in [1.165, 1.54) is 0 Å². The SMILES string of the molecule is COc1ccccc1C=Cc1ccncc1. The molecule has 0 radical (unpaired) electrons. The fourth-order valence-electron chi connectivity index (χ4n) is 1.46. The van der Waals surface area contributed by atoms with Crippen LogP contribution in [0.15, 0.2) is 48.8 Å². The summed E-state index contributed by atoms with van der Waals surface area (Å²) in [5.41, 5.74) is 2.20. The molecule has 0 spiro atoms. The molecular formula is C14H13NO. The van der Waals surface area contributed by atoms with Crippen molar-refractivity contribution < 1.29 is 4.74 Å². The number of hydrogen-bond donors (Lipinski definition) is 0. The maximum atomic E-state index is 5.27. The molecule has 2 rings (SSSR count). The van der Waals surface area contributed by atoms with E-state index in [0.29, 0.717) is 0 Å². The highest BCUT2D eigenvalue weighted by Crippen LogP contribution is 2.19. The highest BCUT2D eigenvalue weighted by molar-refractivity contribution is 5.72. The molecule has 80 valence electrons. The van der Waals surface area contributed by atoms with Crippen molar-refractivity contribution in [3.63, 3.8) is 0 Å². The lowest BCUT2D eigenvalue weighted by molar-refractivity contribution is 0.414. The van der Waals surface area contributed by atoms with Gasteiger partial charge in [-0.25, -0.2) is 0 Å². The number of methoxy groups -OCH3 is 1. The summed E-state index contributed by atoms with van der Waals surface area (Å²) >= 11 is 0. The molecule has 0 aliphatic carbocycles. The Bertz CT molecular complexity index is 477. The van der Waals surface area contributed by atoms with E-state index in [1.54, 1.807) is 19.5 Å². The van der Waals surface area contributed by atoms with Gasteiger partial charge in [-0.05, 0) is 23.8 Å². The number of para-hydroxylation sites is 1. The number of aromatic nitrogens is 1. The molecule has 2 nitrogen and oxygen atoms in total. The molecule has 1 aromatic carbocycles. The molecule has 0 saturated carbocycles. The summed E-state index contributed by atoms with van der Waals surface area (Å²) < 4.78 is 5.27. The van der Waals surface area contributed by atoms with Crippen molar-refractivity contribution in [2.24, 2.45) is 0 Å². The fraction of sp³-hybridized carbons (Fsp3) is 0.0714. The zero-order valence-electron chi connectivity index (χ0n) is 9.13. The van der Waals surface area contributed by atoms with Crippen LogP contribution in [0.5, 0.6) is 5.75 Å². The van der Waals surface area contributed by atoms with Gasteiger partial charge in [-0.1, -0.05) is 30.4 Å². The Morgan fingerprint density at radius 1 is 1.00 bits per heavy atom. The number of hydrogen-bond acceptors (Lipinski definition) is 2. The Morgan fingerprint density at radius 2 is 1.75 bits per heavy atom. The van der Waals surface area contributed by atoms with E-state index in [2.05, 4.69) is 4.98 Å². The van der Waals surface area contributed by atoms with E-state index < -0.39 is 0 Å². The maximum absolute atomic E-state index is 5.27. The van der Waals surface area contributed by atoms with Gasteiger partial charge in [0.15, 0.2) is 0 Å². The first-order chi connectivity index (χ1) is 7.90. The van der Waals surface area contributed by atoms with Gasteiger partial charge < -0.3 is 4.74 Å². The molecule has 1 aromatic heterocycles. The summed E-state index contributed by atoms with van der Waals surface area (Å²) in [4.78, 5) is 3.98. The minimum Gasteiger partial charge on any atom is -0.496 e. The van der Waals surface area contributed by atoms with Gasteiger partial charge in [0.05, 0.1) is 7.11 Å². The average Bonchev–Trinajstić information content (AvgIpc) is 2.38. The standard InChI is InChI=1S/C14H13NO/c1-16-14-5-3-2-4-13(14)7-6-12-8-10-15-11-9-12/h2-11H,1H3. The second-order valence-electron chi connectivity index (χ2n) is 3.36. The Kier molecular flexibility index (Phi) is 3.34. The summed E-state index contributed by atoms with van der Waals surface area (Å²) in [6, 6.07) is 11.9. The van der Waals surface area contributed by atoms with Gasteiger partial charge in [0.2, 0.25) is 0 Å². The molecular weight excluding hydrogens is 198 g/mol. The Balaban J connectivity index is 2.24. The van der Waals surface area contributed by atoms with Crippen LogP contribution in [-0.2, 0) is 0 Å². The lowest BCUT2D eigenvalue weighted by Gasteiger charge is -2.03. The molecule has 0 bridgehead atoms. The number of rotatable bonds is 3. The molecule has 0 N–H and O–H groups in total. The van der Waals surface area contributed by atoms with Crippen LogP contribution in [0.4, 0.5) is 0 Å². The van der Waals surface area contributed by atoms with Gasteiger partial charge >= 0.3 is 0 Å². The van der Waals surface area contributed by atoms with Crippen LogP contribution < -0.4 is 4.74 Å². The molecule has 0 aliphatic rings. The number of pyridine rings is 1. The second kappa shape index (κ2) is 5.12. The van der Waals surface area contributed by atoms with Crippen LogP contribution >= 0.6 is 0 Å². The van der Waals surface area contributed by atoms with E-state index in [0.717, 1.165) is 16.9 Å². The zero-order chi connectivity index (χ0) is 11.2. The van der Waals surface area contributed by atoms with Crippen molar-refractivity contribution in [1.29, 1.82) is 0 Å². The van der Waals surface area contributed by atoms with E-state index in [1.807, 2.05) is 48.6 Å². The highest BCUT2D eigenvalue weighted by Gasteiger charge is 1.95. The smallest absolute Gasteiger partial charge is 0.126 e. The molecule has 16 heavy (non-hydrogen) atoms. The van der Waals surface area contributed by atoms with E-state index in [4.69, 9.17) is 4.74 Å². The van der Waals surface area contributed by atoms with E-state index in [9.17, 15) is 0 Å². The second-order valence-corrected chi connectivity index (χ2v) is 3.36. The average molecular weight is 211 g/mol. The van der Waals surface area contributed by atoms with Crippen molar-refractivity contribution in [3.8, 4) is 5.75 Å².